The van der Waals surface area contributed by atoms with Crippen molar-refractivity contribution in [2.45, 2.75) is 16.5 Å². The van der Waals surface area contributed by atoms with E-state index in [4.69, 9.17) is 10.00 Å². The number of hydrogen-bond donors (Lipinski definition) is 2. The summed E-state index contributed by atoms with van der Waals surface area (Å²) >= 11 is 2.71. The number of amides is 1. The van der Waals surface area contributed by atoms with Crippen molar-refractivity contribution in [1.82, 2.24) is 10.2 Å². The van der Waals surface area contributed by atoms with Crippen molar-refractivity contribution in [3.05, 3.63) is 54.1 Å². The number of benzene rings is 2. The van der Waals surface area contributed by atoms with Gasteiger partial charge in [-0.15, -0.1) is 10.2 Å². The monoisotopic (exact) mass is 411 g/mol. The molecule has 3 rings (SSSR count). The summed E-state index contributed by atoms with van der Waals surface area (Å²) in [5.74, 6) is 0.635. The molecule has 9 heteroatoms. The summed E-state index contributed by atoms with van der Waals surface area (Å²) in [5.41, 5.74) is 2.07. The van der Waals surface area contributed by atoms with Crippen molar-refractivity contribution in [3.8, 4) is 11.8 Å². The molecule has 0 unspecified atom stereocenters. The highest BCUT2D eigenvalue weighted by Crippen LogP contribution is 2.31. The molecule has 0 fully saturated rings. The lowest BCUT2D eigenvalue weighted by Crippen LogP contribution is -2.22. The summed E-state index contributed by atoms with van der Waals surface area (Å²) in [6.07, 6.45) is 0. The lowest BCUT2D eigenvalue weighted by atomic mass is 10.2. The van der Waals surface area contributed by atoms with Gasteiger partial charge in [-0.3, -0.25) is 4.79 Å². The van der Waals surface area contributed by atoms with Gasteiger partial charge in [0.25, 0.3) is 0 Å². The second-order valence-electron chi connectivity index (χ2n) is 5.67. The molecule has 0 aliphatic carbocycles. The second kappa shape index (κ2) is 9.21. The van der Waals surface area contributed by atoms with Crippen molar-refractivity contribution >= 4 is 45.5 Å². The number of carbonyl (C=O) groups excluding carboxylic acids is 1. The maximum Gasteiger partial charge on any atom is 0.237 e. The number of nitriles is 1. The van der Waals surface area contributed by atoms with Crippen LogP contribution in [-0.4, -0.2) is 28.5 Å². The number of rotatable bonds is 7. The highest BCUT2D eigenvalue weighted by molar-refractivity contribution is 8.02. The van der Waals surface area contributed by atoms with E-state index in [0.717, 1.165) is 11.4 Å². The molecule has 0 saturated carbocycles. The van der Waals surface area contributed by atoms with Crippen LogP contribution in [0, 0.1) is 11.3 Å². The summed E-state index contributed by atoms with van der Waals surface area (Å²) in [6, 6.07) is 16.3. The van der Waals surface area contributed by atoms with E-state index in [9.17, 15) is 4.79 Å². The van der Waals surface area contributed by atoms with E-state index in [-0.39, 0.29) is 11.2 Å². The third kappa shape index (κ3) is 5.22. The molecule has 0 saturated heterocycles. The van der Waals surface area contributed by atoms with Crippen molar-refractivity contribution < 1.29 is 9.53 Å². The molecule has 0 radical (unpaired) electrons. The van der Waals surface area contributed by atoms with Gasteiger partial charge in [0, 0.05) is 11.4 Å². The quantitative estimate of drug-likeness (QED) is 0.560. The minimum Gasteiger partial charge on any atom is -0.497 e. The lowest BCUT2D eigenvalue weighted by Gasteiger charge is -2.10. The molecule has 142 valence electrons. The molecule has 0 spiro atoms. The van der Waals surface area contributed by atoms with Crippen LogP contribution < -0.4 is 15.4 Å². The molecule has 2 aromatic carbocycles. The summed E-state index contributed by atoms with van der Waals surface area (Å²) < 4.78 is 5.83. The fraction of sp³-hybridized carbons (Fsp3) is 0.158. The molecule has 7 nitrogen and oxygen atoms in total. The topological polar surface area (TPSA) is 99.9 Å². The number of ether oxygens (including phenoxy) is 1. The first-order valence-electron chi connectivity index (χ1n) is 8.29. The van der Waals surface area contributed by atoms with Gasteiger partial charge in [-0.1, -0.05) is 23.1 Å². The van der Waals surface area contributed by atoms with Crippen molar-refractivity contribution in [2.24, 2.45) is 0 Å². The van der Waals surface area contributed by atoms with Gasteiger partial charge in [-0.25, -0.2) is 0 Å². The molecule has 1 heterocycles. The molecule has 28 heavy (non-hydrogen) atoms. The predicted molar refractivity (Wildman–Crippen MR) is 111 cm³/mol. The van der Waals surface area contributed by atoms with Crippen LogP contribution in [0.15, 0.2) is 52.9 Å². The van der Waals surface area contributed by atoms with Crippen LogP contribution in [0.2, 0.25) is 0 Å². The Kier molecular flexibility index (Phi) is 6.47. The summed E-state index contributed by atoms with van der Waals surface area (Å²) in [5, 5.41) is 23.4. The first-order valence-corrected chi connectivity index (χ1v) is 9.99. The van der Waals surface area contributed by atoms with Gasteiger partial charge in [0.1, 0.15) is 5.75 Å². The number of nitrogens with one attached hydrogen (secondary N) is 2. The predicted octanol–water partition coefficient (Wildman–Crippen LogP) is 4.28. The fourth-order valence-corrected chi connectivity index (χ4v) is 4.10. The van der Waals surface area contributed by atoms with Crippen LogP contribution >= 0.6 is 23.1 Å². The lowest BCUT2D eigenvalue weighted by molar-refractivity contribution is -0.115. The number of aromatic nitrogens is 2. The number of nitrogens with zero attached hydrogens (tertiary/aromatic N) is 3. The van der Waals surface area contributed by atoms with Gasteiger partial charge < -0.3 is 15.4 Å². The maximum absolute atomic E-state index is 12.4. The van der Waals surface area contributed by atoms with Crippen LogP contribution in [0.5, 0.6) is 5.75 Å². The standard InChI is InChI=1S/C19H17N5O2S2/c1-12(17(25)21-14-5-3-13(11-20)4-6-14)27-19-24-23-18(28-19)22-15-7-9-16(26-2)10-8-15/h3-10,12H,1-2H3,(H,21,25)(H,22,23)/t12-/m1/s1. The Morgan fingerprint density at radius 3 is 2.46 bits per heavy atom. The molecule has 3 aromatic rings. The van der Waals surface area contributed by atoms with Gasteiger partial charge in [-0.2, -0.15) is 5.26 Å². The maximum atomic E-state index is 12.4. The Morgan fingerprint density at radius 1 is 1.14 bits per heavy atom. The molecular formula is C19H17N5O2S2. The average molecular weight is 412 g/mol. The van der Waals surface area contributed by atoms with Gasteiger partial charge in [0.05, 0.1) is 24.0 Å². The molecule has 0 bridgehead atoms. The first kappa shape index (κ1) is 19.7. The molecule has 0 aliphatic heterocycles. The first-order chi connectivity index (χ1) is 13.6. The smallest absolute Gasteiger partial charge is 0.237 e. The normalized spacial score (nSPS) is 11.3. The van der Waals surface area contributed by atoms with E-state index in [2.05, 4.69) is 20.8 Å². The van der Waals surface area contributed by atoms with E-state index < -0.39 is 0 Å². The van der Waals surface area contributed by atoms with Crippen molar-refractivity contribution in [1.29, 1.82) is 5.26 Å². The SMILES string of the molecule is COc1ccc(Nc2nnc(S[C@H](C)C(=O)Nc3ccc(C#N)cc3)s2)cc1. The second-order valence-corrected chi connectivity index (χ2v) is 8.23. The highest BCUT2D eigenvalue weighted by Gasteiger charge is 2.17. The zero-order valence-electron chi connectivity index (χ0n) is 15.2. The zero-order chi connectivity index (χ0) is 19.9. The van der Waals surface area contributed by atoms with Crippen molar-refractivity contribution in [2.75, 3.05) is 17.7 Å². The molecule has 1 amide bonds. The number of carbonyl (C=O) groups is 1. The Hall–Kier alpha value is -3.09. The Morgan fingerprint density at radius 2 is 1.82 bits per heavy atom. The number of hydrogen-bond acceptors (Lipinski definition) is 8. The minimum atomic E-state index is -0.350. The molecule has 1 aromatic heterocycles. The zero-order valence-corrected chi connectivity index (χ0v) is 16.8. The fourth-order valence-electron chi connectivity index (χ4n) is 2.18. The summed E-state index contributed by atoms with van der Waals surface area (Å²) in [7, 11) is 1.62. The number of methoxy groups -OCH3 is 1. The van der Waals surface area contributed by atoms with E-state index >= 15 is 0 Å². The van der Waals surface area contributed by atoms with Crippen LogP contribution in [0.25, 0.3) is 0 Å². The Balaban J connectivity index is 1.55. The van der Waals surface area contributed by atoms with Crippen LogP contribution in [-0.2, 0) is 4.79 Å². The minimum absolute atomic E-state index is 0.144. The third-order valence-electron chi connectivity index (χ3n) is 3.68. The van der Waals surface area contributed by atoms with Gasteiger partial charge in [-0.05, 0) is 55.5 Å². The van der Waals surface area contributed by atoms with Crippen LogP contribution in [0.4, 0.5) is 16.5 Å². The summed E-state index contributed by atoms with van der Waals surface area (Å²) in [6.45, 7) is 1.81. The third-order valence-corrected chi connectivity index (χ3v) is 5.70. The van der Waals surface area contributed by atoms with E-state index in [1.807, 2.05) is 37.3 Å². The van der Waals surface area contributed by atoms with Crippen molar-refractivity contribution in [3.63, 3.8) is 0 Å². The van der Waals surface area contributed by atoms with Crippen LogP contribution in [0.1, 0.15) is 12.5 Å². The number of thioether (sulfide) groups is 1. The largest absolute Gasteiger partial charge is 0.497 e. The highest BCUT2D eigenvalue weighted by atomic mass is 32.2. The van der Waals surface area contributed by atoms with Gasteiger partial charge in [0.15, 0.2) is 4.34 Å². The Labute approximate surface area is 170 Å². The van der Waals surface area contributed by atoms with Gasteiger partial charge in [0.2, 0.25) is 11.0 Å². The van der Waals surface area contributed by atoms with Gasteiger partial charge >= 0.3 is 0 Å². The van der Waals surface area contributed by atoms with Crippen LogP contribution in [0.3, 0.4) is 0 Å². The molecule has 1 atom stereocenters. The molecule has 2 N–H and O–H groups in total. The summed E-state index contributed by atoms with van der Waals surface area (Å²) in [4.78, 5) is 12.4. The molecular weight excluding hydrogens is 394 g/mol. The van der Waals surface area contributed by atoms with E-state index in [1.54, 1.807) is 31.4 Å². The number of anilines is 3. The molecule has 0 aliphatic rings. The Bertz CT molecular complexity index is 981. The van der Waals surface area contributed by atoms with E-state index in [1.165, 1.54) is 23.1 Å². The average Bonchev–Trinajstić information content (AvgIpc) is 3.15. The van der Waals surface area contributed by atoms with E-state index in [0.29, 0.717) is 20.7 Å².